The Labute approximate surface area is 119 Å². The number of benzene rings is 1. The van der Waals surface area contributed by atoms with E-state index in [1.165, 1.54) is 11.3 Å². The molecule has 0 saturated heterocycles. The minimum atomic E-state index is -0.250. The van der Waals surface area contributed by atoms with E-state index in [-0.39, 0.29) is 5.91 Å². The monoisotopic (exact) mass is 300 g/mol. The summed E-state index contributed by atoms with van der Waals surface area (Å²) in [6.07, 6.45) is 0. The number of carbonyl (C=O) groups excluding carboxylic acids is 1. The Morgan fingerprint density at radius 3 is 2.72 bits per heavy atom. The van der Waals surface area contributed by atoms with Gasteiger partial charge in [-0.25, -0.2) is 0 Å². The van der Waals surface area contributed by atoms with E-state index in [9.17, 15) is 4.79 Å². The molecule has 3 N–H and O–H groups in total. The fourth-order valence-electron chi connectivity index (χ4n) is 1.44. The molecular weight excluding hydrogens is 291 g/mol. The summed E-state index contributed by atoms with van der Waals surface area (Å²) < 4.78 is 0.696. The molecule has 18 heavy (non-hydrogen) atoms. The third kappa shape index (κ3) is 2.96. The van der Waals surface area contributed by atoms with Crippen molar-refractivity contribution in [3.05, 3.63) is 50.1 Å². The van der Waals surface area contributed by atoms with Gasteiger partial charge in [-0.1, -0.05) is 29.3 Å². The Bertz CT molecular complexity index is 583. The summed E-state index contributed by atoms with van der Waals surface area (Å²) in [5.41, 5.74) is 6.42. The molecule has 0 unspecified atom stereocenters. The van der Waals surface area contributed by atoms with Crippen LogP contribution in [-0.4, -0.2) is 5.91 Å². The molecule has 1 aromatic carbocycles. The molecule has 0 spiro atoms. The second kappa shape index (κ2) is 5.61. The van der Waals surface area contributed by atoms with E-state index < -0.39 is 0 Å². The minimum absolute atomic E-state index is 0.250. The molecule has 1 amide bonds. The molecule has 1 aromatic heterocycles. The van der Waals surface area contributed by atoms with Gasteiger partial charge in [0.15, 0.2) is 0 Å². The van der Waals surface area contributed by atoms with Crippen LogP contribution in [0.15, 0.2) is 30.3 Å². The average molecular weight is 301 g/mol. The molecule has 94 valence electrons. The summed E-state index contributed by atoms with van der Waals surface area (Å²) in [5.74, 6) is -0.250. The highest BCUT2D eigenvalue weighted by molar-refractivity contribution is 7.16. The molecule has 0 saturated carbocycles. The standard InChI is InChI=1S/C12H10Cl2N2OS/c13-9-3-1-2-8(11(9)15)12(17)16-6-7-4-5-10(14)18-7/h1-5H,6,15H2,(H,16,17). The molecule has 0 bridgehead atoms. The quantitative estimate of drug-likeness (QED) is 0.852. The second-order valence-corrected chi connectivity index (χ2v) is 5.80. The number of carbonyl (C=O) groups is 1. The molecule has 0 aliphatic rings. The molecule has 3 nitrogen and oxygen atoms in total. The Balaban J connectivity index is 2.06. The number of nitrogens with one attached hydrogen (secondary N) is 1. The van der Waals surface area contributed by atoms with Gasteiger partial charge in [0.2, 0.25) is 0 Å². The zero-order chi connectivity index (χ0) is 13.1. The first kappa shape index (κ1) is 13.2. The number of rotatable bonds is 3. The van der Waals surface area contributed by atoms with Gasteiger partial charge >= 0.3 is 0 Å². The van der Waals surface area contributed by atoms with Crippen LogP contribution in [0.3, 0.4) is 0 Å². The predicted molar refractivity (Wildman–Crippen MR) is 76.4 cm³/mol. The summed E-state index contributed by atoms with van der Waals surface area (Å²) in [4.78, 5) is 12.9. The summed E-state index contributed by atoms with van der Waals surface area (Å²) in [6, 6.07) is 8.64. The molecule has 1 heterocycles. The van der Waals surface area contributed by atoms with Crippen molar-refractivity contribution < 1.29 is 4.79 Å². The van der Waals surface area contributed by atoms with Crippen LogP contribution in [0, 0.1) is 0 Å². The Hall–Kier alpha value is -1.23. The van der Waals surface area contributed by atoms with Crippen molar-refractivity contribution in [2.45, 2.75) is 6.54 Å². The Morgan fingerprint density at radius 1 is 1.28 bits per heavy atom. The van der Waals surface area contributed by atoms with Crippen molar-refractivity contribution in [1.29, 1.82) is 0 Å². The van der Waals surface area contributed by atoms with Gasteiger partial charge in [-0.3, -0.25) is 4.79 Å². The third-order valence-electron chi connectivity index (χ3n) is 2.35. The zero-order valence-corrected chi connectivity index (χ0v) is 11.6. The highest BCUT2D eigenvalue weighted by atomic mass is 35.5. The van der Waals surface area contributed by atoms with Crippen molar-refractivity contribution in [2.75, 3.05) is 5.73 Å². The summed E-state index contributed by atoms with van der Waals surface area (Å²) in [7, 11) is 0. The Morgan fingerprint density at radius 2 is 2.06 bits per heavy atom. The van der Waals surface area contributed by atoms with Crippen molar-refractivity contribution in [3.63, 3.8) is 0 Å². The second-order valence-electron chi connectivity index (χ2n) is 3.59. The van der Waals surface area contributed by atoms with Crippen LogP contribution < -0.4 is 11.1 Å². The molecular formula is C12H10Cl2N2OS. The largest absolute Gasteiger partial charge is 0.397 e. The van der Waals surface area contributed by atoms with Crippen LogP contribution in [-0.2, 0) is 6.54 Å². The van der Waals surface area contributed by atoms with E-state index >= 15 is 0 Å². The van der Waals surface area contributed by atoms with Crippen LogP contribution >= 0.6 is 34.5 Å². The van der Waals surface area contributed by atoms with Gasteiger partial charge in [0.1, 0.15) is 0 Å². The average Bonchev–Trinajstić information content (AvgIpc) is 2.76. The molecule has 2 rings (SSSR count). The number of nitrogen functional groups attached to an aromatic ring is 1. The lowest BCUT2D eigenvalue weighted by Gasteiger charge is -2.07. The first-order chi connectivity index (χ1) is 8.58. The van der Waals surface area contributed by atoms with E-state index in [0.29, 0.717) is 27.2 Å². The summed E-state index contributed by atoms with van der Waals surface area (Å²) in [6.45, 7) is 0.419. The Kier molecular flexibility index (Phi) is 4.11. The lowest BCUT2D eigenvalue weighted by molar-refractivity contribution is 0.0952. The smallest absolute Gasteiger partial charge is 0.253 e. The van der Waals surface area contributed by atoms with Crippen molar-refractivity contribution in [2.24, 2.45) is 0 Å². The van der Waals surface area contributed by atoms with Crippen LogP contribution in [0.25, 0.3) is 0 Å². The number of hydrogen-bond donors (Lipinski definition) is 2. The van der Waals surface area contributed by atoms with Crippen molar-refractivity contribution >= 4 is 46.1 Å². The number of para-hydroxylation sites is 1. The van der Waals surface area contributed by atoms with Gasteiger partial charge < -0.3 is 11.1 Å². The summed E-state index contributed by atoms with van der Waals surface area (Å²) >= 11 is 13.1. The molecule has 2 aromatic rings. The lowest BCUT2D eigenvalue weighted by Crippen LogP contribution is -2.23. The molecule has 6 heteroatoms. The van der Waals surface area contributed by atoms with E-state index in [2.05, 4.69) is 5.32 Å². The van der Waals surface area contributed by atoms with Crippen LogP contribution in [0.4, 0.5) is 5.69 Å². The molecule has 0 aliphatic heterocycles. The van der Waals surface area contributed by atoms with Gasteiger partial charge in [-0.05, 0) is 24.3 Å². The third-order valence-corrected chi connectivity index (χ3v) is 3.91. The van der Waals surface area contributed by atoms with Crippen molar-refractivity contribution in [1.82, 2.24) is 5.32 Å². The first-order valence-electron chi connectivity index (χ1n) is 5.14. The predicted octanol–water partition coefficient (Wildman–Crippen LogP) is 3.57. The van der Waals surface area contributed by atoms with Gasteiger partial charge in [0, 0.05) is 4.88 Å². The first-order valence-corrected chi connectivity index (χ1v) is 6.71. The number of nitrogens with two attached hydrogens (primary N) is 1. The van der Waals surface area contributed by atoms with E-state index in [0.717, 1.165) is 4.88 Å². The minimum Gasteiger partial charge on any atom is -0.397 e. The summed E-state index contributed by atoms with van der Waals surface area (Å²) in [5, 5.41) is 3.15. The lowest BCUT2D eigenvalue weighted by atomic mass is 10.1. The van der Waals surface area contributed by atoms with Crippen LogP contribution in [0.5, 0.6) is 0 Å². The van der Waals surface area contributed by atoms with E-state index in [1.54, 1.807) is 24.3 Å². The number of halogens is 2. The fraction of sp³-hybridized carbons (Fsp3) is 0.0833. The number of thiophene rings is 1. The van der Waals surface area contributed by atoms with E-state index in [4.69, 9.17) is 28.9 Å². The molecule has 0 radical (unpaired) electrons. The van der Waals surface area contributed by atoms with E-state index in [1.807, 2.05) is 6.07 Å². The van der Waals surface area contributed by atoms with Gasteiger partial charge in [-0.2, -0.15) is 0 Å². The molecule has 0 atom stereocenters. The maximum atomic E-state index is 11.9. The number of hydrogen-bond acceptors (Lipinski definition) is 3. The molecule has 0 aliphatic carbocycles. The number of anilines is 1. The molecule has 0 fully saturated rings. The van der Waals surface area contributed by atoms with Crippen LogP contribution in [0.2, 0.25) is 9.36 Å². The zero-order valence-electron chi connectivity index (χ0n) is 9.24. The van der Waals surface area contributed by atoms with Crippen molar-refractivity contribution in [3.8, 4) is 0 Å². The topological polar surface area (TPSA) is 55.1 Å². The highest BCUT2D eigenvalue weighted by Crippen LogP contribution is 2.23. The van der Waals surface area contributed by atoms with Crippen LogP contribution in [0.1, 0.15) is 15.2 Å². The van der Waals surface area contributed by atoms with Gasteiger partial charge in [0.25, 0.3) is 5.91 Å². The SMILES string of the molecule is Nc1c(Cl)cccc1C(=O)NCc1ccc(Cl)s1. The normalized spacial score (nSPS) is 10.3. The maximum absolute atomic E-state index is 11.9. The fourth-order valence-corrected chi connectivity index (χ4v) is 2.65. The highest BCUT2D eigenvalue weighted by Gasteiger charge is 2.11. The van der Waals surface area contributed by atoms with Gasteiger partial charge in [-0.15, -0.1) is 11.3 Å². The maximum Gasteiger partial charge on any atom is 0.253 e. The van der Waals surface area contributed by atoms with Gasteiger partial charge in [0.05, 0.1) is 27.2 Å². The number of amides is 1.